The van der Waals surface area contributed by atoms with Crippen LogP contribution in [-0.2, 0) is 0 Å². The summed E-state index contributed by atoms with van der Waals surface area (Å²) in [6, 6.07) is 51.1. The predicted octanol–water partition coefficient (Wildman–Crippen LogP) is 9.93. The van der Waals surface area contributed by atoms with Crippen molar-refractivity contribution in [3.63, 3.8) is 0 Å². The fourth-order valence-corrected chi connectivity index (χ4v) is 5.69. The Balaban J connectivity index is 1.23. The van der Waals surface area contributed by atoms with E-state index in [1.165, 1.54) is 44.1 Å². The number of benzene rings is 6. The quantitative estimate of drug-likeness (QED) is 0.235. The minimum absolute atomic E-state index is 0.636. The first-order chi connectivity index (χ1) is 19.8. The molecule has 0 spiro atoms. The third-order valence-corrected chi connectivity index (χ3v) is 7.64. The van der Waals surface area contributed by atoms with E-state index in [-0.39, 0.29) is 0 Å². The molecule has 40 heavy (non-hydrogen) atoms. The van der Waals surface area contributed by atoms with Crippen LogP contribution in [0.15, 0.2) is 150 Å². The first-order valence-corrected chi connectivity index (χ1v) is 13.5. The standard InChI is InChI=1S/C37H24N2O/c1-2-9-25(10-3-1)27-11-8-12-28(23-27)29-19-22-35-32(24-29)31-13-4-6-15-34(31)39(35)30-20-17-26(18-21-30)37-38-33-14-5-7-16-36(33)40-37/h1-24H. The van der Waals surface area contributed by atoms with Gasteiger partial charge in [-0.05, 0) is 82.9 Å². The Morgan fingerprint density at radius 3 is 1.95 bits per heavy atom. The second-order valence-electron chi connectivity index (χ2n) is 10.1. The molecule has 3 nitrogen and oxygen atoms in total. The number of nitrogens with zero attached hydrogens (tertiary/aromatic N) is 2. The fraction of sp³-hybridized carbons (Fsp3) is 0. The minimum atomic E-state index is 0.636. The second kappa shape index (κ2) is 9.11. The van der Waals surface area contributed by atoms with Gasteiger partial charge in [-0.1, -0.05) is 84.9 Å². The Bertz CT molecular complexity index is 2120. The minimum Gasteiger partial charge on any atom is -0.436 e. The van der Waals surface area contributed by atoms with Gasteiger partial charge in [0.1, 0.15) is 5.52 Å². The van der Waals surface area contributed by atoms with Gasteiger partial charge in [0.25, 0.3) is 0 Å². The van der Waals surface area contributed by atoms with Crippen LogP contribution in [0.4, 0.5) is 0 Å². The van der Waals surface area contributed by atoms with Crippen LogP contribution in [0.3, 0.4) is 0 Å². The molecule has 2 heterocycles. The van der Waals surface area contributed by atoms with E-state index < -0.39 is 0 Å². The molecule has 3 heteroatoms. The van der Waals surface area contributed by atoms with Gasteiger partial charge in [0.05, 0.1) is 11.0 Å². The van der Waals surface area contributed by atoms with E-state index in [1.54, 1.807) is 0 Å². The number of para-hydroxylation sites is 3. The lowest BCUT2D eigenvalue weighted by molar-refractivity contribution is 0.620. The monoisotopic (exact) mass is 512 g/mol. The summed E-state index contributed by atoms with van der Waals surface area (Å²) in [5.74, 6) is 0.636. The van der Waals surface area contributed by atoms with Gasteiger partial charge in [0.15, 0.2) is 5.58 Å². The maximum atomic E-state index is 6.00. The highest BCUT2D eigenvalue weighted by Gasteiger charge is 2.14. The van der Waals surface area contributed by atoms with E-state index in [0.717, 1.165) is 22.4 Å². The van der Waals surface area contributed by atoms with Crippen LogP contribution in [0.1, 0.15) is 0 Å². The smallest absolute Gasteiger partial charge is 0.227 e. The fourth-order valence-electron chi connectivity index (χ4n) is 5.69. The van der Waals surface area contributed by atoms with Crippen molar-refractivity contribution in [1.82, 2.24) is 9.55 Å². The summed E-state index contributed by atoms with van der Waals surface area (Å²) < 4.78 is 8.34. The predicted molar refractivity (Wildman–Crippen MR) is 165 cm³/mol. The van der Waals surface area contributed by atoms with Crippen LogP contribution < -0.4 is 0 Å². The summed E-state index contributed by atoms with van der Waals surface area (Å²) >= 11 is 0. The highest BCUT2D eigenvalue weighted by molar-refractivity contribution is 6.10. The Morgan fingerprint density at radius 2 is 1.10 bits per heavy atom. The molecule has 0 saturated heterocycles. The molecule has 0 bridgehead atoms. The zero-order valence-electron chi connectivity index (χ0n) is 21.7. The van der Waals surface area contributed by atoms with Gasteiger partial charge in [0.2, 0.25) is 5.89 Å². The Morgan fingerprint density at radius 1 is 0.450 bits per heavy atom. The van der Waals surface area contributed by atoms with E-state index in [1.807, 2.05) is 24.3 Å². The molecule has 0 aliphatic rings. The van der Waals surface area contributed by atoms with Crippen LogP contribution in [0.2, 0.25) is 0 Å². The molecule has 8 rings (SSSR count). The average molecular weight is 513 g/mol. The van der Waals surface area contributed by atoms with E-state index in [4.69, 9.17) is 4.42 Å². The molecule has 8 aromatic rings. The number of hydrogen-bond acceptors (Lipinski definition) is 2. The van der Waals surface area contributed by atoms with Crippen molar-refractivity contribution in [2.24, 2.45) is 0 Å². The maximum Gasteiger partial charge on any atom is 0.227 e. The Hall–Kier alpha value is -5.41. The molecule has 0 unspecified atom stereocenters. The van der Waals surface area contributed by atoms with Crippen LogP contribution in [0.25, 0.3) is 72.3 Å². The number of rotatable bonds is 4. The van der Waals surface area contributed by atoms with Crippen molar-refractivity contribution in [2.75, 3.05) is 0 Å². The summed E-state index contributed by atoms with van der Waals surface area (Å²) in [4.78, 5) is 4.67. The summed E-state index contributed by atoms with van der Waals surface area (Å²) in [6.45, 7) is 0. The molecule has 6 aromatic carbocycles. The molecular weight excluding hydrogens is 488 g/mol. The van der Waals surface area contributed by atoms with Gasteiger partial charge < -0.3 is 8.98 Å². The van der Waals surface area contributed by atoms with Gasteiger partial charge in [0, 0.05) is 22.0 Å². The van der Waals surface area contributed by atoms with Gasteiger partial charge in [-0.25, -0.2) is 4.98 Å². The van der Waals surface area contributed by atoms with Crippen molar-refractivity contribution in [3.8, 4) is 39.4 Å². The Labute approximate surface area is 231 Å². The number of fused-ring (bicyclic) bond motifs is 4. The van der Waals surface area contributed by atoms with Gasteiger partial charge in [-0.15, -0.1) is 0 Å². The largest absolute Gasteiger partial charge is 0.436 e. The first kappa shape index (κ1) is 22.6. The van der Waals surface area contributed by atoms with E-state index >= 15 is 0 Å². The lowest BCUT2D eigenvalue weighted by Gasteiger charge is -2.09. The molecule has 0 fully saturated rings. The first-order valence-electron chi connectivity index (χ1n) is 13.5. The number of aromatic nitrogens is 2. The van der Waals surface area contributed by atoms with E-state index in [9.17, 15) is 0 Å². The highest BCUT2D eigenvalue weighted by Crippen LogP contribution is 2.36. The molecule has 0 N–H and O–H groups in total. The third kappa shape index (κ3) is 3.71. The topological polar surface area (TPSA) is 31.0 Å². The second-order valence-corrected chi connectivity index (χ2v) is 10.1. The van der Waals surface area contributed by atoms with Crippen molar-refractivity contribution in [3.05, 3.63) is 146 Å². The van der Waals surface area contributed by atoms with Crippen LogP contribution in [0, 0.1) is 0 Å². The number of oxazole rings is 1. The van der Waals surface area contributed by atoms with Gasteiger partial charge >= 0.3 is 0 Å². The lowest BCUT2D eigenvalue weighted by atomic mass is 9.98. The maximum absolute atomic E-state index is 6.00. The highest BCUT2D eigenvalue weighted by atomic mass is 16.3. The average Bonchev–Trinajstić information content (AvgIpc) is 3.61. The zero-order chi connectivity index (χ0) is 26.5. The molecule has 0 aliphatic carbocycles. The molecule has 0 radical (unpaired) electrons. The molecule has 0 amide bonds. The van der Waals surface area contributed by atoms with Crippen molar-refractivity contribution in [1.29, 1.82) is 0 Å². The summed E-state index contributed by atoms with van der Waals surface area (Å²) in [5, 5.41) is 2.47. The van der Waals surface area contributed by atoms with E-state index in [2.05, 4.69) is 131 Å². The zero-order valence-corrected chi connectivity index (χ0v) is 21.7. The normalized spacial score (nSPS) is 11.5. The Kier molecular flexibility index (Phi) is 5.14. The summed E-state index contributed by atoms with van der Waals surface area (Å²) in [5.41, 5.74) is 11.0. The van der Waals surface area contributed by atoms with Crippen LogP contribution in [0.5, 0.6) is 0 Å². The SMILES string of the molecule is c1ccc(-c2cccc(-c3ccc4c(c3)c3ccccc3n4-c3ccc(-c4nc5ccccc5o4)cc3)c2)cc1. The summed E-state index contributed by atoms with van der Waals surface area (Å²) in [7, 11) is 0. The van der Waals surface area contributed by atoms with Crippen molar-refractivity contribution < 1.29 is 4.42 Å². The van der Waals surface area contributed by atoms with E-state index in [0.29, 0.717) is 5.89 Å². The molecule has 188 valence electrons. The van der Waals surface area contributed by atoms with Gasteiger partial charge in [-0.3, -0.25) is 0 Å². The third-order valence-electron chi connectivity index (χ3n) is 7.64. The lowest BCUT2D eigenvalue weighted by Crippen LogP contribution is -1.93. The van der Waals surface area contributed by atoms with Crippen molar-refractivity contribution in [2.45, 2.75) is 0 Å². The van der Waals surface area contributed by atoms with Crippen LogP contribution >= 0.6 is 0 Å². The van der Waals surface area contributed by atoms with Crippen molar-refractivity contribution >= 4 is 32.9 Å². The molecule has 0 atom stereocenters. The molecule has 0 saturated carbocycles. The number of hydrogen-bond donors (Lipinski definition) is 0. The molecule has 0 aliphatic heterocycles. The molecule has 2 aromatic heterocycles. The van der Waals surface area contributed by atoms with Crippen LogP contribution in [-0.4, -0.2) is 9.55 Å². The van der Waals surface area contributed by atoms with Gasteiger partial charge in [-0.2, -0.15) is 0 Å². The summed E-state index contributed by atoms with van der Waals surface area (Å²) in [6.07, 6.45) is 0. The molecular formula is C37H24N2O.